The summed E-state index contributed by atoms with van der Waals surface area (Å²) in [5.74, 6) is 0.771. The van der Waals surface area contributed by atoms with Gasteiger partial charge in [-0.1, -0.05) is 6.07 Å². The monoisotopic (exact) mass is 240 g/mol. The normalized spacial score (nSPS) is 13.1. The number of nitrogens with zero attached hydrogens (tertiary/aromatic N) is 1. The summed E-state index contributed by atoms with van der Waals surface area (Å²) in [5.41, 5.74) is 3.95. The predicted molar refractivity (Wildman–Crippen MR) is 68.6 cm³/mol. The molecule has 0 unspecified atom stereocenters. The average Bonchev–Trinajstić information content (AvgIpc) is 2.77. The zero-order valence-electron chi connectivity index (χ0n) is 9.93. The molecule has 4 heteroatoms. The largest absolute Gasteiger partial charge is 0.495 e. The number of ether oxygens (including phenoxy) is 1. The van der Waals surface area contributed by atoms with Gasteiger partial charge in [0, 0.05) is 17.4 Å². The highest BCUT2D eigenvalue weighted by atomic mass is 16.5. The first-order valence-corrected chi connectivity index (χ1v) is 5.68. The Bertz CT molecular complexity index is 623. The lowest BCUT2D eigenvalue weighted by molar-refractivity contribution is -0.115. The van der Waals surface area contributed by atoms with Gasteiger partial charge in [-0.05, 0) is 29.3 Å². The first-order valence-electron chi connectivity index (χ1n) is 5.68. The SMILES string of the molecule is COc1cncc(-c2ccc3c(c2)CC(=O)N3)c1. The summed E-state index contributed by atoms with van der Waals surface area (Å²) >= 11 is 0. The molecule has 18 heavy (non-hydrogen) atoms. The molecule has 1 aliphatic heterocycles. The Balaban J connectivity index is 2.02. The van der Waals surface area contributed by atoms with Gasteiger partial charge in [0.25, 0.3) is 0 Å². The number of carbonyl (C=O) groups is 1. The third-order valence-electron chi connectivity index (χ3n) is 3.01. The number of nitrogens with one attached hydrogen (secondary N) is 1. The van der Waals surface area contributed by atoms with E-state index in [1.807, 2.05) is 24.3 Å². The molecule has 0 saturated carbocycles. The zero-order chi connectivity index (χ0) is 12.5. The van der Waals surface area contributed by atoms with Crippen LogP contribution in [0.15, 0.2) is 36.7 Å². The predicted octanol–water partition coefficient (Wildman–Crippen LogP) is 2.25. The Morgan fingerprint density at radius 2 is 2.11 bits per heavy atom. The second kappa shape index (κ2) is 4.14. The van der Waals surface area contributed by atoms with Gasteiger partial charge >= 0.3 is 0 Å². The molecule has 3 rings (SSSR count). The lowest BCUT2D eigenvalue weighted by Gasteiger charge is -2.06. The highest BCUT2D eigenvalue weighted by molar-refractivity contribution is 5.99. The lowest BCUT2D eigenvalue weighted by Crippen LogP contribution is -2.03. The van der Waals surface area contributed by atoms with Crippen molar-refractivity contribution in [2.75, 3.05) is 12.4 Å². The number of pyridine rings is 1. The minimum absolute atomic E-state index is 0.0471. The van der Waals surface area contributed by atoms with Gasteiger partial charge in [0.15, 0.2) is 0 Å². The van der Waals surface area contributed by atoms with Gasteiger partial charge in [-0.25, -0.2) is 0 Å². The van der Waals surface area contributed by atoms with Crippen molar-refractivity contribution >= 4 is 11.6 Å². The summed E-state index contributed by atoms with van der Waals surface area (Å²) in [6.45, 7) is 0. The summed E-state index contributed by atoms with van der Waals surface area (Å²) < 4.78 is 5.16. The molecule has 0 bridgehead atoms. The quantitative estimate of drug-likeness (QED) is 0.875. The van der Waals surface area contributed by atoms with Crippen molar-refractivity contribution in [3.63, 3.8) is 0 Å². The first kappa shape index (κ1) is 10.8. The van der Waals surface area contributed by atoms with Crippen molar-refractivity contribution < 1.29 is 9.53 Å². The third-order valence-corrected chi connectivity index (χ3v) is 3.01. The number of hydrogen-bond donors (Lipinski definition) is 1. The van der Waals surface area contributed by atoms with Crippen molar-refractivity contribution in [3.8, 4) is 16.9 Å². The molecule has 2 aromatic rings. The van der Waals surface area contributed by atoms with Crippen LogP contribution in [0.2, 0.25) is 0 Å². The minimum Gasteiger partial charge on any atom is -0.495 e. The Labute approximate surface area is 105 Å². The maximum atomic E-state index is 11.3. The van der Waals surface area contributed by atoms with Crippen LogP contribution in [-0.4, -0.2) is 18.0 Å². The molecule has 2 heterocycles. The lowest BCUT2D eigenvalue weighted by atomic mass is 10.0. The number of methoxy groups -OCH3 is 1. The number of aromatic nitrogens is 1. The second-order valence-electron chi connectivity index (χ2n) is 4.21. The standard InChI is InChI=1S/C14H12N2O2/c1-18-12-5-11(7-15-8-12)9-2-3-13-10(4-9)6-14(17)16-13/h2-5,7-8H,6H2,1H3,(H,16,17). The van der Waals surface area contributed by atoms with E-state index in [-0.39, 0.29) is 5.91 Å². The fourth-order valence-corrected chi connectivity index (χ4v) is 2.10. The zero-order valence-corrected chi connectivity index (χ0v) is 9.93. The summed E-state index contributed by atoms with van der Waals surface area (Å²) in [7, 11) is 1.62. The van der Waals surface area contributed by atoms with Crippen LogP contribution in [0, 0.1) is 0 Å². The van der Waals surface area contributed by atoms with Crippen molar-refractivity contribution in [2.45, 2.75) is 6.42 Å². The van der Waals surface area contributed by atoms with Gasteiger partial charge in [0.1, 0.15) is 5.75 Å². The number of anilines is 1. The molecule has 90 valence electrons. The highest BCUT2D eigenvalue weighted by Gasteiger charge is 2.17. The van der Waals surface area contributed by atoms with E-state index in [1.165, 1.54) is 0 Å². The third kappa shape index (κ3) is 1.82. The van der Waals surface area contributed by atoms with Crippen LogP contribution in [-0.2, 0) is 11.2 Å². The van der Waals surface area contributed by atoms with E-state index < -0.39 is 0 Å². The summed E-state index contributed by atoms with van der Waals surface area (Å²) in [4.78, 5) is 15.4. The second-order valence-corrected chi connectivity index (χ2v) is 4.21. The number of carbonyl (C=O) groups excluding carboxylic acids is 1. The van der Waals surface area contributed by atoms with Gasteiger partial charge in [-0.3, -0.25) is 9.78 Å². The fraction of sp³-hybridized carbons (Fsp3) is 0.143. The molecule has 0 spiro atoms. The summed E-state index contributed by atoms with van der Waals surface area (Å²) in [6.07, 6.45) is 3.90. The summed E-state index contributed by atoms with van der Waals surface area (Å²) in [6, 6.07) is 7.85. The van der Waals surface area contributed by atoms with Crippen molar-refractivity contribution in [1.82, 2.24) is 4.98 Å². The highest BCUT2D eigenvalue weighted by Crippen LogP contribution is 2.29. The fourth-order valence-electron chi connectivity index (χ4n) is 2.10. The van der Waals surface area contributed by atoms with Crippen LogP contribution in [0.1, 0.15) is 5.56 Å². The van der Waals surface area contributed by atoms with Crippen molar-refractivity contribution in [1.29, 1.82) is 0 Å². The Kier molecular flexibility index (Phi) is 2.48. The van der Waals surface area contributed by atoms with E-state index in [0.29, 0.717) is 6.42 Å². The molecule has 0 aliphatic carbocycles. The number of amides is 1. The Morgan fingerprint density at radius 3 is 2.94 bits per heavy atom. The van der Waals surface area contributed by atoms with Crippen LogP contribution in [0.5, 0.6) is 5.75 Å². The molecular weight excluding hydrogens is 228 g/mol. The van der Waals surface area contributed by atoms with Crippen LogP contribution < -0.4 is 10.1 Å². The Hall–Kier alpha value is -2.36. The van der Waals surface area contributed by atoms with Gasteiger partial charge in [0.05, 0.1) is 19.7 Å². The van der Waals surface area contributed by atoms with Gasteiger partial charge in [-0.15, -0.1) is 0 Å². The number of hydrogen-bond acceptors (Lipinski definition) is 3. The molecule has 4 nitrogen and oxygen atoms in total. The maximum Gasteiger partial charge on any atom is 0.228 e. The van der Waals surface area contributed by atoms with E-state index in [0.717, 1.165) is 28.1 Å². The Morgan fingerprint density at radius 1 is 1.22 bits per heavy atom. The van der Waals surface area contributed by atoms with Gasteiger partial charge in [-0.2, -0.15) is 0 Å². The van der Waals surface area contributed by atoms with Crippen molar-refractivity contribution in [2.24, 2.45) is 0 Å². The van der Waals surface area contributed by atoms with Crippen LogP contribution in [0.25, 0.3) is 11.1 Å². The van der Waals surface area contributed by atoms with E-state index in [2.05, 4.69) is 10.3 Å². The van der Waals surface area contributed by atoms with E-state index in [9.17, 15) is 4.79 Å². The van der Waals surface area contributed by atoms with Crippen LogP contribution in [0.3, 0.4) is 0 Å². The van der Waals surface area contributed by atoms with Crippen molar-refractivity contribution in [3.05, 3.63) is 42.2 Å². The number of fused-ring (bicyclic) bond motifs is 1. The molecule has 0 radical (unpaired) electrons. The molecule has 0 fully saturated rings. The molecule has 1 amide bonds. The smallest absolute Gasteiger partial charge is 0.228 e. The number of benzene rings is 1. The van der Waals surface area contributed by atoms with E-state index in [1.54, 1.807) is 19.5 Å². The molecule has 1 aliphatic rings. The number of rotatable bonds is 2. The topological polar surface area (TPSA) is 51.2 Å². The maximum absolute atomic E-state index is 11.3. The van der Waals surface area contributed by atoms with Crippen LogP contribution in [0.4, 0.5) is 5.69 Å². The summed E-state index contributed by atoms with van der Waals surface area (Å²) in [5, 5.41) is 2.82. The van der Waals surface area contributed by atoms with Gasteiger partial charge < -0.3 is 10.1 Å². The molecule has 0 saturated heterocycles. The molecule has 1 aromatic heterocycles. The van der Waals surface area contributed by atoms with Gasteiger partial charge in [0.2, 0.25) is 5.91 Å². The minimum atomic E-state index is 0.0471. The van der Waals surface area contributed by atoms with Crippen LogP contribution >= 0.6 is 0 Å². The molecule has 0 atom stereocenters. The average molecular weight is 240 g/mol. The van der Waals surface area contributed by atoms with E-state index in [4.69, 9.17) is 4.74 Å². The van der Waals surface area contributed by atoms with E-state index >= 15 is 0 Å². The molecule has 1 N–H and O–H groups in total. The molecule has 1 aromatic carbocycles. The first-order chi connectivity index (χ1) is 8.76. The molecular formula is C14H12N2O2.